The molecule has 3 aromatic rings. The van der Waals surface area contributed by atoms with Gasteiger partial charge in [-0.1, -0.05) is 36.4 Å². The Morgan fingerprint density at radius 2 is 1.75 bits per heavy atom. The summed E-state index contributed by atoms with van der Waals surface area (Å²) < 4.78 is 16.1. The smallest absolute Gasteiger partial charge is 0.199 e. The number of hydrogen-bond acceptors (Lipinski definition) is 2. The second-order valence-electron chi connectivity index (χ2n) is 4.38. The van der Waals surface area contributed by atoms with E-state index in [9.17, 15) is 4.39 Å². The molecule has 1 N–H and O–H groups in total. The first-order valence-corrected chi connectivity index (χ1v) is 6.61. The third-order valence-electron chi connectivity index (χ3n) is 3.06. The summed E-state index contributed by atoms with van der Waals surface area (Å²) in [5.41, 5.74) is 1.51. The van der Waals surface area contributed by atoms with Gasteiger partial charge in [0.1, 0.15) is 11.6 Å². The van der Waals surface area contributed by atoms with Crippen LogP contribution in [0.5, 0.6) is 0 Å². The Morgan fingerprint density at radius 1 is 1.05 bits per heavy atom. The molecule has 0 radical (unpaired) electrons. The molecule has 5 heteroatoms. The van der Waals surface area contributed by atoms with E-state index in [1.54, 1.807) is 12.1 Å². The van der Waals surface area contributed by atoms with Gasteiger partial charge >= 0.3 is 0 Å². The number of nitrogens with one attached hydrogen (secondary N) is 1. The first-order chi connectivity index (χ1) is 9.75. The van der Waals surface area contributed by atoms with Crippen molar-refractivity contribution in [1.29, 1.82) is 0 Å². The second kappa shape index (κ2) is 5.38. The maximum absolute atomic E-state index is 13.7. The summed E-state index contributed by atoms with van der Waals surface area (Å²) in [6.07, 6.45) is 0.384. The quantitative estimate of drug-likeness (QED) is 0.745. The summed E-state index contributed by atoms with van der Waals surface area (Å²) in [5.74, 6) is 0.451. The van der Waals surface area contributed by atoms with Crippen LogP contribution in [0.3, 0.4) is 0 Å². The highest BCUT2D eigenvalue weighted by molar-refractivity contribution is 7.71. The van der Waals surface area contributed by atoms with Gasteiger partial charge in [-0.2, -0.15) is 5.10 Å². The lowest BCUT2D eigenvalue weighted by atomic mass is 10.1. The van der Waals surface area contributed by atoms with Crippen molar-refractivity contribution in [3.05, 3.63) is 76.6 Å². The Bertz CT molecular complexity index is 777. The number of benzene rings is 2. The zero-order chi connectivity index (χ0) is 13.9. The molecule has 0 aliphatic heterocycles. The number of aromatic amines is 1. The van der Waals surface area contributed by atoms with Crippen molar-refractivity contribution >= 4 is 12.2 Å². The van der Waals surface area contributed by atoms with Gasteiger partial charge in [0.25, 0.3) is 0 Å². The van der Waals surface area contributed by atoms with E-state index in [1.165, 1.54) is 6.07 Å². The van der Waals surface area contributed by atoms with Crippen molar-refractivity contribution < 1.29 is 4.39 Å². The van der Waals surface area contributed by atoms with E-state index in [1.807, 2.05) is 41.0 Å². The fourth-order valence-electron chi connectivity index (χ4n) is 2.10. The van der Waals surface area contributed by atoms with E-state index in [0.717, 1.165) is 5.69 Å². The molecule has 0 saturated heterocycles. The fourth-order valence-corrected chi connectivity index (χ4v) is 2.36. The molecule has 1 heterocycles. The van der Waals surface area contributed by atoms with Crippen LogP contribution in [0.4, 0.5) is 4.39 Å². The molecule has 0 unspecified atom stereocenters. The number of rotatable bonds is 3. The van der Waals surface area contributed by atoms with E-state index in [2.05, 4.69) is 10.2 Å². The van der Waals surface area contributed by atoms with Crippen LogP contribution >= 0.6 is 12.2 Å². The minimum absolute atomic E-state index is 0.235. The van der Waals surface area contributed by atoms with Crippen molar-refractivity contribution in [3.63, 3.8) is 0 Å². The van der Waals surface area contributed by atoms with Gasteiger partial charge in [-0.25, -0.2) is 4.39 Å². The SMILES string of the molecule is Fc1ccccc1Cc1n[nH]c(=S)n1-c1ccccc1. The molecule has 0 atom stereocenters. The van der Waals surface area contributed by atoms with Crippen LogP contribution < -0.4 is 0 Å². The van der Waals surface area contributed by atoms with Crippen LogP contribution in [0.1, 0.15) is 11.4 Å². The maximum Gasteiger partial charge on any atom is 0.199 e. The number of nitrogens with zero attached hydrogens (tertiary/aromatic N) is 2. The fraction of sp³-hybridized carbons (Fsp3) is 0.0667. The Labute approximate surface area is 120 Å². The largest absolute Gasteiger partial charge is 0.272 e. The predicted molar refractivity (Wildman–Crippen MR) is 78.0 cm³/mol. The molecule has 20 heavy (non-hydrogen) atoms. The van der Waals surface area contributed by atoms with Crippen molar-refractivity contribution in [3.8, 4) is 5.69 Å². The van der Waals surface area contributed by atoms with Crippen molar-refractivity contribution in [2.45, 2.75) is 6.42 Å². The average molecular weight is 285 g/mol. The minimum Gasteiger partial charge on any atom is -0.272 e. The highest BCUT2D eigenvalue weighted by atomic mass is 32.1. The van der Waals surface area contributed by atoms with Crippen molar-refractivity contribution in [2.75, 3.05) is 0 Å². The number of halogens is 1. The average Bonchev–Trinajstić information content (AvgIpc) is 2.83. The molecule has 3 nitrogen and oxygen atoms in total. The van der Waals surface area contributed by atoms with Gasteiger partial charge in [0, 0.05) is 12.1 Å². The van der Waals surface area contributed by atoms with E-state index in [0.29, 0.717) is 22.6 Å². The highest BCUT2D eigenvalue weighted by Crippen LogP contribution is 2.16. The monoisotopic (exact) mass is 285 g/mol. The third-order valence-corrected chi connectivity index (χ3v) is 3.34. The van der Waals surface area contributed by atoms with E-state index in [-0.39, 0.29) is 5.82 Å². The Kier molecular flexibility index (Phi) is 3.43. The van der Waals surface area contributed by atoms with Gasteiger partial charge in [0.2, 0.25) is 0 Å². The molecule has 0 saturated carbocycles. The zero-order valence-electron chi connectivity index (χ0n) is 10.6. The molecular weight excluding hydrogens is 273 g/mol. The molecule has 0 fully saturated rings. The highest BCUT2D eigenvalue weighted by Gasteiger charge is 2.11. The number of aromatic nitrogens is 3. The first-order valence-electron chi connectivity index (χ1n) is 6.21. The zero-order valence-corrected chi connectivity index (χ0v) is 11.4. The molecule has 0 amide bonds. The van der Waals surface area contributed by atoms with Crippen LogP contribution in [0.25, 0.3) is 5.69 Å². The van der Waals surface area contributed by atoms with Crippen LogP contribution in [0.15, 0.2) is 54.6 Å². The van der Waals surface area contributed by atoms with Gasteiger partial charge < -0.3 is 0 Å². The predicted octanol–water partition coefficient (Wildman–Crippen LogP) is 3.66. The lowest BCUT2D eigenvalue weighted by Gasteiger charge is -2.07. The molecule has 3 rings (SSSR count). The van der Waals surface area contributed by atoms with Gasteiger partial charge in [-0.3, -0.25) is 9.67 Å². The van der Waals surface area contributed by atoms with Gasteiger partial charge in [-0.15, -0.1) is 0 Å². The Balaban J connectivity index is 2.04. The molecule has 100 valence electrons. The summed E-state index contributed by atoms with van der Waals surface area (Å²) >= 11 is 5.26. The summed E-state index contributed by atoms with van der Waals surface area (Å²) in [5, 5.41) is 6.98. The summed E-state index contributed by atoms with van der Waals surface area (Å²) in [4.78, 5) is 0. The summed E-state index contributed by atoms with van der Waals surface area (Å²) in [6.45, 7) is 0. The molecule has 0 bridgehead atoms. The lowest BCUT2D eigenvalue weighted by molar-refractivity contribution is 0.611. The Hall–Kier alpha value is -2.27. The normalized spacial score (nSPS) is 10.7. The molecule has 0 spiro atoms. The topological polar surface area (TPSA) is 33.6 Å². The molecule has 1 aromatic heterocycles. The number of H-pyrrole nitrogens is 1. The summed E-state index contributed by atoms with van der Waals surface area (Å²) in [7, 11) is 0. The standard InChI is InChI=1S/C15H12FN3S/c16-13-9-5-4-6-11(13)10-14-17-18-15(20)19(14)12-7-2-1-3-8-12/h1-9H,10H2,(H,18,20). The molecule has 0 aliphatic carbocycles. The van der Waals surface area contributed by atoms with E-state index in [4.69, 9.17) is 12.2 Å². The minimum atomic E-state index is -0.235. The van der Waals surface area contributed by atoms with Crippen LogP contribution in [-0.2, 0) is 6.42 Å². The van der Waals surface area contributed by atoms with Gasteiger partial charge in [-0.05, 0) is 36.0 Å². The maximum atomic E-state index is 13.7. The molecular formula is C15H12FN3S. The third kappa shape index (κ3) is 2.40. The van der Waals surface area contributed by atoms with Crippen molar-refractivity contribution in [2.24, 2.45) is 0 Å². The lowest BCUT2D eigenvalue weighted by Crippen LogP contribution is -2.03. The van der Waals surface area contributed by atoms with Gasteiger partial charge in [0.15, 0.2) is 4.77 Å². The summed E-state index contributed by atoms with van der Waals surface area (Å²) in [6, 6.07) is 16.4. The van der Waals surface area contributed by atoms with E-state index < -0.39 is 0 Å². The number of para-hydroxylation sites is 1. The molecule has 2 aromatic carbocycles. The van der Waals surface area contributed by atoms with E-state index >= 15 is 0 Å². The van der Waals surface area contributed by atoms with Crippen LogP contribution in [-0.4, -0.2) is 14.8 Å². The van der Waals surface area contributed by atoms with Gasteiger partial charge in [0.05, 0.1) is 0 Å². The number of hydrogen-bond donors (Lipinski definition) is 1. The Morgan fingerprint density at radius 3 is 2.50 bits per heavy atom. The van der Waals surface area contributed by atoms with Crippen LogP contribution in [0.2, 0.25) is 0 Å². The van der Waals surface area contributed by atoms with Crippen LogP contribution in [0, 0.1) is 10.6 Å². The molecule has 0 aliphatic rings. The van der Waals surface area contributed by atoms with Crippen molar-refractivity contribution in [1.82, 2.24) is 14.8 Å². The second-order valence-corrected chi connectivity index (χ2v) is 4.77. The first kappa shape index (κ1) is 12.7.